The number of hydrogen-bond donors (Lipinski definition) is 1. The van der Waals surface area contributed by atoms with Gasteiger partial charge in [-0.3, -0.25) is 4.79 Å². The Morgan fingerprint density at radius 1 is 1.37 bits per heavy atom. The Morgan fingerprint density at radius 3 is 2.74 bits per heavy atom. The molecule has 1 aromatic carbocycles. The first kappa shape index (κ1) is 13.7. The molecule has 1 N–H and O–H groups in total. The largest absolute Gasteiger partial charge is 0.486 e. The van der Waals surface area contributed by atoms with E-state index < -0.39 is 6.10 Å². The summed E-state index contributed by atoms with van der Waals surface area (Å²) in [5, 5.41) is 10.2. The van der Waals surface area contributed by atoms with Crippen LogP contribution in [0.5, 0.6) is 11.5 Å². The van der Waals surface area contributed by atoms with Gasteiger partial charge in [-0.1, -0.05) is 13.0 Å². The zero-order chi connectivity index (χ0) is 13.8. The fraction of sp³-hybridized carbons (Fsp3) is 0.500. The molecule has 0 saturated heterocycles. The van der Waals surface area contributed by atoms with Crippen molar-refractivity contribution in [3.05, 3.63) is 23.8 Å². The summed E-state index contributed by atoms with van der Waals surface area (Å²) in [4.78, 5) is 11.2. The zero-order valence-corrected chi connectivity index (χ0v) is 11.1. The van der Waals surface area contributed by atoms with Crippen LogP contribution in [0.3, 0.4) is 0 Å². The van der Waals surface area contributed by atoms with Crippen molar-refractivity contribution in [2.45, 2.75) is 19.4 Å². The third kappa shape index (κ3) is 3.17. The molecular formula is C14H18O5. The lowest BCUT2D eigenvalue weighted by Crippen LogP contribution is -2.17. The van der Waals surface area contributed by atoms with E-state index in [9.17, 15) is 9.90 Å². The van der Waals surface area contributed by atoms with Gasteiger partial charge in [-0.05, 0) is 23.6 Å². The predicted octanol–water partition coefficient (Wildman–Crippen LogP) is 1.69. The highest BCUT2D eigenvalue weighted by Gasteiger charge is 2.22. The number of esters is 1. The van der Waals surface area contributed by atoms with E-state index in [1.54, 1.807) is 25.1 Å². The molecule has 5 heteroatoms. The van der Waals surface area contributed by atoms with Crippen LogP contribution in [0.1, 0.15) is 25.0 Å². The number of hydrogen-bond acceptors (Lipinski definition) is 5. The van der Waals surface area contributed by atoms with Gasteiger partial charge in [-0.25, -0.2) is 0 Å². The average Bonchev–Trinajstić information content (AvgIpc) is 2.45. The summed E-state index contributed by atoms with van der Waals surface area (Å²) < 4.78 is 15.5. The molecule has 0 radical (unpaired) electrons. The molecular weight excluding hydrogens is 248 g/mol. The summed E-state index contributed by atoms with van der Waals surface area (Å²) in [5.74, 6) is 0.759. The van der Waals surface area contributed by atoms with Crippen molar-refractivity contribution < 1.29 is 24.1 Å². The minimum Gasteiger partial charge on any atom is -0.486 e. The number of carbonyl (C=O) groups is 1. The van der Waals surface area contributed by atoms with Gasteiger partial charge in [-0.15, -0.1) is 0 Å². The first-order valence-corrected chi connectivity index (χ1v) is 6.26. The molecule has 2 unspecified atom stereocenters. The molecule has 1 aliphatic heterocycles. The van der Waals surface area contributed by atoms with Gasteiger partial charge in [0.1, 0.15) is 13.2 Å². The molecule has 1 heterocycles. The molecule has 1 aliphatic rings. The summed E-state index contributed by atoms with van der Waals surface area (Å²) in [6, 6.07) is 5.32. The molecule has 0 amide bonds. The molecule has 104 valence electrons. The molecule has 19 heavy (non-hydrogen) atoms. The van der Waals surface area contributed by atoms with E-state index >= 15 is 0 Å². The summed E-state index contributed by atoms with van der Waals surface area (Å²) >= 11 is 0. The molecule has 0 aromatic heterocycles. The van der Waals surface area contributed by atoms with E-state index in [0.29, 0.717) is 30.3 Å². The molecule has 0 fully saturated rings. The minimum absolute atomic E-state index is 0.173. The summed E-state index contributed by atoms with van der Waals surface area (Å²) in [5.41, 5.74) is 0.709. The molecule has 1 aromatic rings. The third-order valence-corrected chi connectivity index (χ3v) is 3.16. The lowest BCUT2D eigenvalue weighted by atomic mass is 9.94. The molecule has 0 bridgehead atoms. The van der Waals surface area contributed by atoms with E-state index in [1.807, 2.05) is 0 Å². The topological polar surface area (TPSA) is 65.0 Å². The zero-order valence-electron chi connectivity index (χ0n) is 11.1. The minimum atomic E-state index is -0.741. The van der Waals surface area contributed by atoms with Crippen LogP contribution in [0.25, 0.3) is 0 Å². The highest BCUT2D eigenvalue weighted by molar-refractivity contribution is 5.69. The third-order valence-electron chi connectivity index (χ3n) is 3.16. The van der Waals surface area contributed by atoms with E-state index in [-0.39, 0.29) is 18.3 Å². The Kier molecular flexibility index (Phi) is 4.27. The first-order chi connectivity index (χ1) is 9.11. The highest BCUT2D eigenvalue weighted by atomic mass is 16.6. The maximum atomic E-state index is 11.2. The number of aliphatic hydroxyl groups excluding tert-OH is 1. The fourth-order valence-electron chi connectivity index (χ4n) is 2.03. The number of methoxy groups -OCH3 is 1. The quantitative estimate of drug-likeness (QED) is 0.840. The molecule has 5 nitrogen and oxygen atoms in total. The molecule has 0 spiro atoms. The number of rotatable bonds is 4. The number of ether oxygens (including phenoxy) is 3. The van der Waals surface area contributed by atoms with Crippen LogP contribution in [-0.4, -0.2) is 31.4 Å². The van der Waals surface area contributed by atoms with Crippen LogP contribution in [0, 0.1) is 5.92 Å². The SMILES string of the molecule is COC(=O)CC(C)C(O)c1ccc2c(c1)OCCO2. The Bertz CT molecular complexity index is 457. The van der Waals surface area contributed by atoms with E-state index in [2.05, 4.69) is 4.74 Å². The van der Waals surface area contributed by atoms with Crippen molar-refractivity contribution in [3.8, 4) is 11.5 Å². The first-order valence-electron chi connectivity index (χ1n) is 6.26. The van der Waals surface area contributed by atoms with Crippen molar-refractivity contribution in [1.82, 2.24) is 0 Å². The molecule has 0 aliphatic carbocycles. The van der Waals surface area contributed by atoms with Crippen molar-refractivity contribution in [2.75, 3.05) is 20.3 Å². The van der Waals surface area contributed by atoms with Crippen LogP contribution >= 0.6 is 0 Å². The van der Waals surface area contributed by atoms with Gasteiger partial charge in [0.05, 0.1) is 19.6 Å². The molecule has 0 saturated carbocycles. The van der Waals surface area contributed by atoms with Gasteiger partial charge in [-0.2, -0.15) is 0 Å². The van der Waals surface area contributed by atoms with Crippen LogP contribution < -0.4 is 9.47 Å². The van der Waals surface area contributed by atoms with Gasteiger partial charge < -0.3 is 19.3 Å². The van der Waals surface area contributed by atoms with Gasteiger partial charge in [0.25, 0.3) is 0 Å². The average molecular weight is 266 g/mol. The number of carbonyl (C=O) groups excluding carboxylic acids is 1. The second-order valence-corrected chi connectivity index (χ2v) is 4.61. The van der Waals surface area contributed by atoms with Crippen LogP contribution in [-0.2, 0) is 9.53 Å². The van der Waals surface area contributed by atoms with Crippen LogP contribution in [0.15, 0.2) is 18.2 Å². The highest BCUT2D eigenvalue weighted by Crippen LogP contribution is 2.34. The smallest absolute Gasteiger partial charge is 0.305 e. The molecule has 2 rings (SSSR count). The predicted molar refractivity (Wildman–Crippen MR) is 68.2 cm³/mol. The lowest BCUT2D eigenvalue weighted by molar-refractivity contribution is -0.142. The number of aliphatic hydroxyl groups is 1. The van der Waals surface area contributed by atoms with Gasteiger partial charge in [0.2, 0.25) is 0 Å². The second-order valence-electron chi connectivity index (χ2n) is 4.61. The van der Waals surface area contributed by atoms with Gasteiger partial charge >= 0.3 is 5.97 Å². The van der Waals surface area contributed by atoms with E-state index in [4.69, 9.17) is 9.47 Å². The van der Waals surface area contributed by atoms with Crippen LogP contribution in [0.4, 0.5) is 0 Å². The van der Waals surface area contributed by atoms with Crippen molar-refractivity contribution in [2.24, 2.45) is 5.92 Å². The van der Waals surface area contributed by atoms with Gasteiger partial charge in [0.15, 0.2) is 11.5 Å². The number of benzene rings is 1. The monoisotopic (exact) mass is 266 g/mol. The summed E-state index contributed by atoms with van der Waals surface area (Å²) in [6.07, 6.45) is -0.568. The maximum Gasteiger partial charge on any atom is 0.305 e. The normalized spacial score (nSPS) is 16.6. The summed E-state index contributed by atoms with van der Waals surface area (Å²) in [6.45, 7) is 2.84. The Labute approximate surface area is 112 Å². The Hall–Kier alpha value is -1.75. The maximum absolute atomic E-state index is 11.2. The van der Waals surface area contributed by atoms with Crippen molar-refractivity contribution in [3.63, 3.8) is 0 Å². The Morgan fingerprint density at radius 2 is 2.05 bits per heavy atom. The fourth-order valence-corrected chi connectivity index (χ4v) is 2.03. The van der Waals surface area contributed by atoms with E-state index in [0.717, 1.165) is 0 Å². The summed E-state index contributed by atoms with van der Waals surface area (Å²) in [7, 11) is 1.34. The standard InChI is InChI=1S/C14H18O5/c1-9(7-13(15)17-2)14(16)10-3-4-11-12(8-10)19-6-5-18-11/h3-4,8-9,14,16H,5-7H2,1-2H3. The molecule has 2 atom stereocenters. The Balaban J connectivity index is 2.10. The van der Waals surface area contributed by atoms with Crippen molar-refractivity contribution >= 4 is 5.97 Å². The second kappa shape index (κ2) is 5.93. The van der Waals surface area contributed by atoms with Crippen LogP contribution in [0.2, 0.25) is 0 Å². The van der Waals surface area contributed by atoms with E-state index in [1.165, 1.54) is 7.11 Å². The van der Waals surface area contributed by atoms with Crippen molar-refractivity contribution in [1.29, 1.82) is 0 Å². The van der Waals surface area contributed by atoms with Gasteiger partial charge in [0, 0.05) is 0 Å². The number of fused-ring (bicyclic) bond motifs is 1. The lowest BCUT2D eigenvalue weighted by Gasteiger charge is -2.22.